The van der Waals surface area contributed by atoms with Crippen LogP contribution < -0.4 is 21.3 Å². The van der Waals surface area contributed by atoms with E-state index in [1.165, 1.54) is 0 Å². The fraction of sp³-hybridized carbons (Fsp3) is 0.600. The van der Waals surface area contributed by atoms with Crippen molar-refractivity contribution in [2.24, 2.45) is 7.05 Å². The topological polar surface area (TPSA) is 122 Å². The molecule has 1 saturated carbocycles. The maximum absolute atomic E-state index is 12.6. The van der Waals surface area contributed by atoms with Gasteiger partial charge in [0.15, 0.2) is 0 Å². The third kappa shape index (κ3) is 3.38. The Hall–Kier alpha value is -2.84. The maximum atomic E-state index is 12.6. The van der Waals surface area contributed by atoms with Crippen LogP contribution in [0.15, 0.2) is 15.7 Å². The van der Waals surface area contributed by atoms with Crippen LogP contribution in [0.3, 0.4) is 0 Å². The number of rotatable bonds is 5. The highest BCUT2D eigenvalue weighted by Gasteiger charge is 2.51. The van der Waals surface area contributed by atoms with E-state index >= 15 is 0 Å². The van der Waals surface area contributed by atoms with Gasteiger partial charge >= 0.3 is 5.69 Å². The Bertz CT molecular complexity index is 1050. The molecule has 0 aromatic carbocycles. The minimum atomic E-state index is -0.569. The molecule has 0 bridgehead atoms. The fourth-order valence-electron chi connectivity index (χ4n) is 4.63. The number of H-pyrrole nitrogens is 2. The van der Waals surface area contributed by atoms with E-state index in [0.29, 0.717) is 24.2 Å². The first-order chi connectivity index (χ1) is 13.8. The van der Waals surface area contributed by atoms with Crippen LogP contribution >= 0.6 is 0 Å². The van der Waals surface area contributed by atoms with Crippen LogP contribution in [0.25, 0.3) is 0 Å². The molecule has 9 heteroatoms. The summed E-state index contributed by atoms with van der Waals surface area (Å²) >= 11 is 0. The Morgan fingerprint density at radius 1 is 1.38 bits per heavy atom. The molecule has 1 amide bonds. The lowest BCUT2D eigenvalue weighted by Gasteiger charge is -2.38. The number of amides is 1. The van der Waals surface area contributed by atoms with Gasteiger partial charge in [-0.2, -0.15) is 5.10 Å². The zero-order valence-electron chi connectivity index (χ0n) is 17.0. The SMILES string of the molecule is CC(C)c1cc(C(=O)NCC[C@@]23CCCC[C@@H]2c2c([nH]c(=O)[nH]c2=O)O3)n(C)n1. The summed E-state index contributed by atoms with van der Waals surface area (Å²) in [5, 5.41) is 7.35. The second kappa shape index (κ2) is 7.20. The number of fused-ring (bicyclic) bond motifs is 3. The van der Waals surface area contributed by atoms with E-state index < -0.39 is 11.3 Å². The van der Waals surface area contributed by atoms with Gasteiger partial charge in [0.1, 0.15) is 11.3 Å². The van der Waals surface area contributed by atoms with E-state index in [4.69, 9.17) is 4.74 Å². The van der Waals surface area contributed by atoms with E-state index in [1.807, 2.05) is 19.9 Å². The van der Waals surface area contributed by atoms with E-state index in [0.717, 1.165) is 31.4 Å². The van der Waals surface area contributed by atoms with Crippen molar-refractivity contribution in [2.45, 2.75) is 63.4 Å². The summed E-state index contributed by atoms with van der Waals surface area (Å²) in [6.07, 6.45) is 4.17. The van der Waals surface area contributed by atoms with Gasteiger partial charge in [-0.05, 0) is 31.2 Å². The maximum Gasteiger partial charge on any atom is 0.328 e. The third-order valence-corrected chi connectivity index (χ3v) is 6.13. The number of aromatic nitrogens is 4. The lowest BCUT2D eigenvalue weighted by Crippen LogP contribution is -2.44. The van der Waals surface area contributed by atoms with Crippen molar-refractivity contribution in [1.29, 1.82) is 0 Å². The minimum absolute atomic E-state index is 0.0759. The molecule has 0 radical (unpaired) electrons. The first-order valence-corrected chi connectivity index (χ1v) is 10.2. The minimum Gasteiger partial charge on any atom is -0.471 e. The van der Waals surface area contributed by atoms with Crippen LogP contribution in [0.4, 0.5) is 0 Å². The number of ether oxygens (including phenoxy) is 1. The smallest absolute Gasteiger partial charge is 0.328 e. The molecule has 4 rings (SSSR count). The van der Waals surface area contributed by atoms with Crippen LogP contribution in [0.2, 0.25) is 0 Å². The van der Waals surface area contributed by atoms with Crippen LogP contribution in [0.1, 0.15) is 79.5 Å². The number of hydrogen-bond acceptors (Lipinski definition) is 5. The highest BCUT2D eigenvalue weighted by Crippen LogP contribution is 2.51. The summed E-state index contributed by atoms with van der Waals surface area (Å²) in [6, 6.07) is 1.81. The highest BCUT2D eigenvalue weighted by atomic mass is 16.5. The molecule has 2 aromatic heterocycles. The zero-order valence-corrected chi connectivity index (χ0v) is 17.0. The van der Waals surface area contributed by atoms with Gasteiger partial charge < -0.3 is 10.1 Å². The average Bonchev–Trinajstić information content (AvgIpc) is 3.19. The molecular formula is C20H27N5O4. The number of nitrogens with one attached hydrogen (secondary N) is 3. The molecule has 156 valence electrons. The average molecular weight is 401 g/mol. The van der Waals surface area contributed by atoms with Gasteiger partial charge in [-0.3, -0.25) is 24.2 Å². The van der Waals surface area contributed by atoms with E-state index in [-0.39, 0.29) is 29.2 Å². The van der Waals surface area contributed by atoms with Crippen molar-refractivity contribution in [3.63, 3.8) is 0 Å². The van der Waals surface area contributed by atoms with Crippen LogP contribution in [-0.2, 0) is 7.05 Å². The predicted molar refractivity (Wildman–Crippen MR) is 106 cm³/mol. The van der Waals surface area contributed by atoms with Gasteiger partial charge in [-0.25, -0.2) is 4.79 Å². The first kappa shape index (κ1) is 19.5. The Kier molecular flexibility index (Phi) is 4.84. The molecule has 2 atom stereocenters. The highest BCUT2D eigenvalue weighted by molar-refractivity contribution is 5.92. The van der Waals surface area contributed by atoms with Crippen molar-refractivity contribution in [1.82, 2.24) is 25.1 Å². The number of nitrogens with zero attached hydrogens (tertiary/aromatic N) is 2. The molecule has 2 aliphatic rings. The third-order valence-electron chi connectivity index (χ3n) is 6.13. The van der Waals surface area contributed by atoms with Gasteiger partial charge in [-0.15, -0.1) is 0 Å². The van der Waals surface area contributed by atoms with Gasteiger partial charge in [0.25, 0.3) is 11.5 Å². The molecule has 1 aliphatic carbocycles. The Balaban J connectivity index is 1.49. The van der Waals surface area contributed by atoms with Gasteiger partial charge in [0.05, 0.1) is 11.3 Å². The van der Waals surface area contributed by atoms with Crippen LogP contribution in [0, 0.1) is 0 Å². The van der Waals surface area contributed by atoms with Gasteiger partial charge in [0, 0.05) is 25.9 Å². The Labute approximate surface area is 167 Å². The number of aromatic amines is 2. The van der Waals surface area contributed by atoms with Crippen molar-refractivity contribution in [3.8, 4) is 5.88 Å². The summed E-state index contributed by atoms with van der Waals surface area (Å²) in [6.45, 7) is 4.48. The van der Waals surface area contributed by atoms with Crippen molar-refractivity contribution < 1.29 is 9.53 Å². The quantitative estimate of drug-likeness (QED) is 0.701. The molecule has 0 saturated heterocycles. The molecule has 3 heterocycles. The summed E-state index contributed by atoms with van der Waals surface area (Å²) in [5.41, 5.74) is 0.416. The number of carbonyl (C=O) groups is 1. The van der Waals surface area contributed by atoms with E-state index in [9.17, 15) is 14.4 Å². The van der Waals surface area contributed by atoms with E-state index in [1.54, 1.807) is 11.7 Å². The number of aryl methyl sites for hydroxylation is 1. The van der Waals surface area contributed by atoms with E-state index in [2.05, 4.69) is 20.4 Å². The van der Waals surface area contributed by atoms with Crippen LogP contribution in [-0.4, -0.2) is 37.8 Å². The summed E-state index contributed by atoms with van der Waals surface area (Å²) < 4.78 is 7.76. The molecule has 1 aliphatic heterocycles. The fourth-order valence-corrected chi connectivity index (χ4v) is 4.63. The normalized spacial score (nSPS) is 22.8. The lowest BCUT2D eigenvalue weighted by atomic mass is 9.72. The Morgan fingerprint density at radius 2 is 2.17 bits per heavy atom. The standard InChI is InChI=1S/C20H27N5O4/c1-11(2)13-10-14(25(3)24-13)16(26)21-9-8-20-7-5-4-6-12(20)15-17(27)22-19(28)23-18(15)29-20/h10-12H,4-9H2,1-3H3,(H,21,26)(H2,22,23,27,28)/t12-,20+/m1/s1. The van der Waals surface area contributed by atoms with Crippen molar-refractivity contribution in [2.75, 3.05) is 6.54 Å². The van der Waals surface area contributed by atoms with Crippen molar-refractivity contribution >= 4 is 5.91 Å². The van der Waals surface area contributed by atoms with Gasteiger partial charge in [-0.1, -0.05) is 20.3 Å². The monoisotopic (exact) mass is 401 g/mol. The molecule has 1 fully saturated rings. The van der Waals surface area contributed by atoms with Crippen molar-refractivity contribution in [3.05, 3.63) is 43.9 Å². The molecule has 0 spiro atoms. The summed E-state index contributed by atoms with van der Waals surface area (Å²) in [4.78, 5) is 41.6. The molecule has 29 heavy (non-hydrogen) atoms. The molecule has 0 unspecified atom stereocenters. The first-order valence-electron chi connectivity index (χ1n) is 10.2. The largest absolute Gasteiger partial charge is 0.471 e. The number of hydrogen-bond donors (Lipinski definition) is 3. The summed E-state index contributed by atoms with van der Waals surface area (Å²) in [7, 11) is 1.76. The second-order valence-corrected chi connectivity index (χ2v) is 8.35. The summed E-state index contributed by atoms with van der Waals surface area (Å²) in [5.74, 6) is 0.269. The second-order valence-electron chi connectivity index (χ2n) is 8.35. The predicted octanol–water partition coefficient (Wildman–Crippen LogP) is 1.53. The molecule has 3 N–H and O–H groups in total. The van der Waals surface area contributed by atoms with Gasteiger partial charge in [0.2, 0.25) is 5.88 Å². The molecular weight excluding hydrogens is 374 g/mol. The lowest BCUT2D eigenvalue weighted by molar-refractivity contribution is 0.0245. The Morgan fingerprint density at radius 3 is 2.90 bits per heavy atom. The van der Waals surface area contributed by atoms with Crippen LogP contribution in [0.5, 0.6) is 5.88 Å². The number of carbonyl (C=O) groups excluding carboxylic acids is 1. The molecule has 2 aromatic rings. The zero-order chi connectivity index (χ0) is 20.8. The molecule has 9 nitrogen and oxygen atoms in total.